The second-order valence-corrected chi connectivity index (χ2v) is 12.9. The molecule has 0 spiro atoms. The average Bonchev–Trinajstić information content (AvgIpc) is 3.23. The molecular formula is C25H37ClN8O2S. The van der Waals surface area contributed by atoms with Crippen molar-refractivity contribution in [3.8, 4) is 0 Å². The van der Waals surface area contributed by atoms with Gasteiger partial charge in [0, 0.05) is 44.7 Å². The standard InChI is InChI=1S/C25H37ClN8O2S/c1-25(2)8-5-17(6-9-25)33-11-12-35-18(15-33)13-19-22(36-19)28-24-32-31-23(37-24)27-16-7-10-34(14-16)21-4-3-20(26)29-30-21/h3-4,16-19,22H,5-15H2,1-2H3,(H,27,31)(H,28,32)/t16?,18-,19?,22?/m0/s1. The zero-order chi connectivity index (χ0) is 25.4. The number of anilines is 3. The largest absolute Gasteiger partial charge is 0.375 e. The third-order valence-corrected chi connectivity index (χ3v) is 9.21. The van der Waals surface area contributed by atoms with Crippen LogP contribution >= 0.6 is 22.9 Å². The molecule has 37 heavy (non-hydrogen) atoms. The number of hydrogen-bond donors (Lipinski definition) is 2. The highest BCUT2D eigenvalue weighted by Gasteiger charge is 2.43. The topological polar surface area (TPSA) is 104 Å². The van der Waals surface area contributed by atoms with Gasteiger partial charge in [0.2, 0.25) is 10.3 Å². The maximum atomic E-state index is 6.11. The van der Waals surface area contributed by atoms with Crippen molar-refractivity contribution < 1.29 is 9.47 Å². The molecule has 3 saturated heterocycles. The molecule has 4 fully saturated rings. The quantitative estimate of drug-likeness (QED) is 0.472. The zero-order valence-corrected chi connectivity index (χ0v) is 23.2. The monoisotopic (exact) mass is 548 g/mol. The van der Waals surface area contributed by atoms with Crippen LogP contribution in [0.25, 0.3) is 0 Å². The molecule has 0 bridgehead atoms. The molecule has 2 aromatic rings. The lowest BCUT2D eigenvalue weighted by Gasteiger charge is -2.43. The predicted octanol–water partition coefficient (Wildman–Crippen LogP) is 3.87. The van der Waals surface area contributed by atoms with E-state index in [1.54, 1.807) is 6.07 Å². The molecule has 3 aliphatic heterocycles. The molecule has 202 valence electrons. The molecular weight excluding hydrogens is 512 g/mol. The number of halogens is 1. The van der Waals surface area contributed by atoms with E-state index >= 15 is 0 Å². The van der Waals surface area contributed by atoms with Crippen molar-refractivity contribution in [3.63, 3.8) is 0 Å². The van der Waals surface area contributed by atoms with Crippen LogP contribution < -0.4 is 15.5 Å². The fourth-order valence-electron chi connectivity index (χ4n) is 5.87. The van der Waals surface area contributed by atoms with Crippen LogP contribution in [0.2, 0.25) is 5.15 Å². The second kappa shape index (κ2) is 10.8. The van der Waals surface area contributed by atoms with Crippen molar-refractivity contribution in [2.75, 3.05) is 48.3 Å². The smallest absolute Gasteiger partial charge is 0.209 e. The lowest BCUT2D eigenvalue weighted by molar-refractivity contribution is -0.0577. The lowest BCUT2D eigenvalue weighted by Crippen LogP contribution is -2.49. The van der Waals surface area contributed by atoms with Crippen LogP contribution in [0.1, 0.15) is 52.4 Å². The first-order valence-corrected chi connectivity index (χ1v) is 14.7. The summed E-state index contributed by atoms with van der Waals surface area (Å²) in [7, 11) is 0. The van der Waals surface area contributed by atoms with E-state index < -0.39 is 0 Å². The van der Waals surface area contributed by atoms with E-state index in [1.165, 1.54) is 37.0 Å². The van der Waals surface area contributed by atoms with Gasteiger partial charge in [-0.25, -0.2) is 0 Å². The van der Waals surface area contributed by atoms with E-state index in [2.05, 4.69) is 54.7 Å². The van der Waals surface area contributed by atoms with E-state index in [0.29, 0.717) is 16.6 Å². The molecule has 0 amide bonds. The van der Waals surface area contributed by atoms with Crippen molar-refractivity contribution in [1.29, 1.82) is 0 Å². The van der Waals surface area contributed by atoms with Crippen LogP contribution in [0.4, 0.5) is 16.1 Å². The minimum absolute atomic E-state index is 0.0132. The molecule has 2 N–H and O–H groups in total. The first kappa shape index (κ1) is 25.5. The van der Waals surface area contributed by atoms with Crippen LogP contribution in [0.5, 0.6) is 0 Å². The number of rotatable bonds is 8. The Balaban J connectivity index is 0.929. The predicted molar refractivity (Wildman–Crippen MR) is 145 cm³/mol. The number of morpholine rings is 1. The molecule has 2 aromatic heterocycles. The summed E-state index contributed by atoms with van der Waals surface area (Å²) in [6, 6.07) is 4.68. The number of nitrogens with one attached hydrogen (secondary N) is 2. The summed E-state index contributed by atoms with van der Waals surface area (Å²) in [5.41, 5.74) is 0.507. The highest BCUT2D eigenvalue weighted by Crippen LogP contribution is 2.38. The van der Waals surface area contributed by atoms with Gasteiger partial charge >= 0.3 is 0 Å². The summed E-state index contributed by atoms with van der Waals surface area (Å²) in [6.45, 7) is 9.45. The normalized spacial score (nSPS) is 30.4. The number of ether oxygens (including phenoxy) is 2. The summed E-state index contributed by atoms with van der Waals surface area (Å²) in [6.07, 6.45) is 7.58. The third-order valence-electron chi connectivity index (χ3n) is 8.22. The Labute approximate surface area is 227 Å². The summed E-state index contributed by atoms with van der Waals surface area (Å²) < 4.78 is 12.0. The Kier molecular flexibility index (Phi) is 7.41. The van der Waals surface area contributed by atoms with Crippen LogP contribution in [0.3, 0.4) is 0 Å². The minimum Gasteiger partial charge on any atom is -0.375 e. The maximum absolute atomic E-state index is 6.11. The van der Waals surface area contributed by atoms with Gasteiger partial charge in [-0.2, -0.15) is 0 Å². The van der Waals surface area contributed by atoms with E-state index in [9.17, 15) is 0 Å². The molecule has 1 aliphatic carbocycles. The van der Waals surface area contributed by atoms with Gasteiger partial charge in [-0.3, -0.25) is 4.90 Å². The Hall–Kier alpha value is -1.79. The summed E-state index contributed by atoms with van der Waals surface area (Å²) in [5.74, 6) is 0.845. The Bertz CT molecular complexity index is 1050. The van der Waals surface area contributed by atoms with Gasteiger partial charge in [-0.05, 0) is 49.7 Å². The minimum atomic E-state index is -0.0132. The van der Waals surface area contributed by atoms with Crippen LogP contribution in [-0.4, -0.2) is 88.6 Å². The zero-order valence-electron chi connectivity index (χ0n) is 21.6. The van der Waals surface area contributed by atoms with E-state index in [0.717, 1.165) is 61.7 Å². The first-order chi connectivity index (χ1) is 17.9. The Morgan fingerprint density at radius 1 is 1.03 bits per heavy atom. The molecule has 3 unspecified atom stereocenters. The highest BCUT2D eigenvalue weighted by molar-refractivity contribution is 7.19. The molecule has 0 radical (unpaired) electrons. The number of epoxide rings is 1. The fourth-order valence-corrected chi connectivity index (χ4v) is 6.72. The number of nitrogens with zero attached hydrogens (tertiary/aromatic N) is 6. The van der Waals surface area contributed by atoms with Gasteiger partial charge in [-0.1, -0.05) is 36.8 Å². The van der Waals surface area contributed by atoms with Crippen molar-refractivity contribution in [2.45, 2.75) is 82.9 Å². The molecule has 0 aromatic carbocycles. The summed E-state index contributed by atoms with van der Waals surface area (Å²) in [5, 5.41) is 25.7. The lowest BCUT2D eigenvalue weighted by atomic mass is 9.75. The number of hydrogen-bond acceptors (Lipinski definition) is 11. The third kappa shape index (κ3) is 6.44. The Morgan fingerprint density at radius 3 is 2.62 bits per heavy atom. The molecule has 12 heteroatoms. The van der Waals surface area contributed by atoms with Crippen molar-refractivity contribution >= 4 is 39.0 Å². The highest BCUT2D eigenvalue weighted by atomic mass is 35.5. The van der Waals surface area contributed by atoms with Gasteiger partial charge in [0.15, 0.2) is 17.2 Å². The fraction of sp³-hybridized carbons (Fsp3) is 0.760. The summed E-state index contributed by atoms with van der Waals surface area (Å²) >= 11 is 7.38. The molecule has 10 nitrogen and oxygen atoms in total. The van der Waals surface area contributed by atoms with Gasteiger partial charge in [0.1, 0.15) is 6.10 Å². The van der Waals surface area contributed by atoms with Crippen LogP contribution in [0, 0.1) is 5.41 Å². The van der Waals surface area contributed by atoms with Crippen LogP contribution in [-0.2, 0) is 9.47 Å². The van der Waals surface area contributed by atoms with E-state index in [4.69, 9.17) is 21.1 Å². The van der Waals surface area contributed by atoms with Crippen molar-refractivity contribution in [2.24, 2.45) is 5.41 Å². The Morgan fingerprint density at radius 2 is 1.84 bits per heavy atom. The van der Waals surface area contributed by atoms with E-state index in [1.807, 2.05) is 6.07 Å². The summed E-state index contributed by atoms with van der Waals surface area (Å²) in [4.78, 5) is 4.87. The van der Waals surface area contributed by atoms with Crippen molar-refractivity contribution in [3.05, 3.63) is 17.3 Å². The molecule has 5 heterocycles. The molecule has 4 atom stereocenters. The second-order valence-electron chi connectivity index (χ2n) is 11.6. The molecule has 6 rings (SSSR count). The maximum Gasteiger partial charge on any atom is 0.209 e. The van der Waals surface area contributed by atoms with Gasteiger partial charge in [0.25, 0.3) is 0 Å². The van der Waals surface area contributed by atoms with Crippen molar-refractivity contribution in [1.82, 2.24) is 25.3 Å². The van der Waals surface area contributed by atoms with E-state index in [-0.39, 0.29) is 24.5 Å². The van der Waals surface area contributed by atoms with Crippen LogP contribution in [0.15, 0.2) is 12.1 Å². The molecule has 1 saturated carbocycles. The SMILES string of the molecule is CC1(C)CCC(N2CCO[C@@H](CC3OC3Nc3nnc(NC4CCN(c5ccc(Cl)nn5)C4)s3)C2)CC1. The van der Waals surface area contributed by atoms with Gasteiger partial charge in [0.05, 0.1) is 12.7 Å². The molecule has 4 aliphatic rings. The van der Waals surface area contributed by atoms with Gasteiger partial charge in [-0.15, -0.1) is 20.4 Å². The first-order valence-electron chi connectivity index (χ1n) is 13.5. The average molecular weight is 549 g/mol. The van der Waals surface area contributed by atoms with Gasteiger partial charge < -0.3 is 25.0 Å². The number of aromatic nitrogens is 4.